The molecule has 0 amide bonds. The van der Waals surface area contributed by atoms with Gasteiger partial charge in [-0.2, -0.15) is 10.1 Å². The maximum atomic E-state index is 6.67. The molecular formula is C25H18Cl2N4O2. The van der Waals surface area contributed by atoms with Crippen molar-refractivity contribution in [3.63, 3.8) is 0 Å². The number of fused-ring (bicyclic) bond motifs is 3. The second kappa shape index (κ2) is 7.83. The van der Waals surface area contributed by atoms with E-state index < -0.39 is 6.10 Å². The predicted molar refractivity (Wildman–Crippen MR) is 128 cm³/mol. The molecule has 0 aliphatic carbocycles. The highest BCUT2D eigenvalue weighted by molar-refractivity contribution is 6.35. The van der Waals surface area contributed by atoms with Crippen LogP contribution in [-0.4, -0.2) is 21.9 Å². The van der Waals surface area contributed by atoms with Crippen molar-refractivity contribution in [2.24, 2.45) is 0 Å². The third-order valence-electron chi connectivity index (χ3n) is 6.00. The van der Waals surface area contributed by atoms with E-state index in [1.807, 2.05) is 65.3 Å². The van der Waals surface area contributed by atoms with Crippen molar-refractivity contribution >= 4 is 34.8 Å². The van der Waals surface area contributed by atoms with Crippen LogP contribution in [0.4, 0.5) is 5.95 Å². The van der Waals surface area contributed by atoms with Crippen LogP contribution in [0.15, 0.2) is 78.6 Å². The van der Waals surface area contributed by atoms with Gasteiger partial charge in [0.25, 0.3) is 0 Å². The molecule has 2 aliphatic heterocycles. The number of benzene rings is 3. The molecule has 1 aromatic heterocycles. The number of para-hydroxylation sites is 1. The zero-order valence-electron chi connectivity index (χ0n) is 17.5. The zero-order valence-corrected chi connectivity index (χ0v) is 19.0. The Morgan fingerprint density at radius 1 is 1.03 bits per heavy atom. The summed E-state index contributed by atoms with van der Waals surface area (Å²) in [5, 5.41) is 9.13. The molecule has 33 heavy (non-hydrogen) atoms. The van der Waals surface area contributed by atoms with Gasteiger partial charge in [-0.1, -0.05) is 53.5 Å². The van der Waals surface area contributed by atoms with E-state index in [4.69, 9.17) is 32.7 Å². The molecule has 0 bridgehead atoms. The van der Waals surface area contributed by atoms with Crippen molar-refractivity contribution in [1.82, 2.24) is 14.8 Å². The molecule has 0 radical (unpaired) electrons. The molecule has 2 atom stereocenters. The van der Waals surface area contributed by atoms with E-state index in [1.54, 1.807) is 19.5 Å². The predicted octanol–water partition coefficient (Wildman–Crippen LogP) is 6.15. The van der Waals surface area contributed by atoms with Gasteiger partial charge >= 0.3 is 0 Å². The van der Waals surface area contributed by atoms with Gasteiger partial charge in [0.05, 0.1) is 12.8 Å². The number of halogens is 2. The van der Waals surface area contributed by atoms with Crippen molar-refractivity contribution in [3.05, 3.63) is 105 Å². The first-order valence-corrected chi connectivity index (χ1v) is 11.1. The Balaban J connectivity index is 1.62. The van der Waals surface area contributed by atoms with E-state index in [2.05, 4.69) is 15.4 Å². The lowest BCUT2D eigenvalue weighted by molar-refractivity contribution is 0.223. The monoisotopic (exact) mass is 476 g/mol. The van der Waals surface area contributed by atoms with Crippen molar-refractivity contribution in [2.75, 3.05) is 12.4 Å². The summed E-state index contributed by atoms with van der Waals surface area (Å²) in [5.74, 6) is 2.21. The maximum Gasteiger partial charge on any atom is 0.226 e. The lowest BCUT2D eigenvalue weighted by Crippen LogP contribution is -2.32. The summed E-state index contributed by atoms with van der Waals surface area (Å²) in [5.41, 5.74) is 4.73. The minimum absolute atomic E-state index is 0.269. The summed E-state index contributed by atoms with van der Waals surface area (Å²) in [7, 11) is 1.65. The van der Waals surface area contributed by atoms with Gasteiger partial charge in [0.1, 0.15) is 23.9 Å². The summed E-state index contributed by atoms with van der Waals surface area (Å²) < 4.78 is 13.8. The van der Waals surface area contributed by atoms with E-state index in [0.717, 1.165) is 39.5 Å². The molecule has 0 fully saturated rings. The smallest absolute Gasteiger partial charge is 0.226 e. The Kier molecular flexibility index (Phi) is 4.78. The maximum absolute atomic E-state index is 6.67. The van der Waals surface area contributed by atoms with Crippen molar-refractivity contribution < 1.29 is 9.47 Å². The number of aromatic nitrogens is 3. The van der Waals surface area contributed by atoms with E-state index in [9.17, 15) is 0 Å². The number of nitrogens with zero attached hydrogens (tertiary/aromatic N) is 3. The minimum atomic E-state index is -0.461. The molecule has 164 valence electrons. The molecule has 4 aromatic rings. The SMILES string of the molecule is COc1ccc([C@H]2C3=C(Nc4ncnn42)c2ccccc2O[C@@H]3c2ccc(Cl)cc2Cl)cc1. The van der Waals surface area contributed by atoms with Gasteiger partial charge < -0.3 is 14.8 Å². The largest absolute Gasteiger partial charge is 0.497 e. The summed E-state index contributed by atoms with van der Waals surface area (Å²) in [4.78, 5) is 4.45. The fourth-order valence-electron chi connectivity index (χ4n) is 4.50. The molecule has 3 aromatic carbocycles. The average Bonchev–Trinajstić information content (AvgIpc) is 3.31. The van der Waals surface area contributed by atoms with Crippen molar-refractivity contribution in [1.29, 1.82) is 0 Å². The number of rotatable bonds is 3. The third kappa shape index (κ3) is 3.25. The van der Waals surface area contributed by atoms with Gasteiger partial charge in [-0.25, -0.2) is 4.68 Å². The van der Waals surface area contributed by atoms with Crippen LogP contribution in [0.3, 0.4) is 0 Å². The Labute approximate surface area is 200 Å². The molecule has 0 saturated carbocycles. The van der Waals surface area contributed by atoms with Crippen molar-refractivity contribution in [3.8, 4) is 11.5 Å². The van der Waals surface area contributed by atoms with Crippen molar-refractivity contribution in [2.45, 2.75) is 12.1 Å². The second-order valence-electron chi connectivity index (χ2n) is 7.82. The second-order valence-corrected chi connectivity index (χ2v) is 8.66. The van der Waals surface area contributed by atoms with Crippen LogP contribution in [-0.2, 0) is 0 Å². The zero-order chi connectivity index (χ0) is 22.5. The Bertz CT molecular complexity index is 1400. The minimum Gasteiger partial charge on any atom is -0.497 e. The Hall–Kier alpha value is -3.48. The number of nitrogens with one attached hydrogen (secondary N) is 1. The van der Waals surface area contributed by atoms with Crippen LogP contribution in [0.25, 0.3) is 5.70 Å². The highest BCUT2D eigenvalue weighted by Crippen LogP contribution is 2.51. The fraction of sp³-hybridized carbons (Fsp3) is 0.120. The van der Waals surface area contributed by atoms with Crippen LogP contribution < -0.4 is 14.8 Å². The van der Waals surface area contributed by atoms with Gasteiger partial charge in [0, 0.05) is 26.7 Å². The Morgan fingerprint density at radius 2 is 1.85 bits per heavy atom. The molecule has 6 rings (SSSR count). The number of ether oxygens (including phenoxy) is 2. The first kappa shape index (κ1) is 20.1. The topological polar surface area (TPSA) is 61.2 Å². The summed E-state index contributed by atoms with van der Waals surface area (Å²) in [6.07, 6.45) is 1.09. The van der Waals surface area contributed by atoms with Gasteiger partial charge in [0.15, 0.2) is 6.10 Å². The number of hydrogen-bond acceptors (Lipinski definition) is 5. The lowest BCUT2D eigenvalue weighted by atomic mass is 9.84. The molecule has 0 spiro atoms. The molecule has 6 nitrogen and oxygen atoms in total. The number of anilines is 1. The molecule has 0 unspecified atom stereocenters. The summed E-state index contributed by atoms with van der Waals surface area (Å²) in [6, 6.07) is 21.1. The van der Waals surface area contributed by atoms with E-state index in [-0.39, 0.29) is 6.04 Å². The number of methoxy groups -OCH3 is 1. The quantitative estimate of drug-likeness (QED) is 0.383. The first-order chi connectivity index (χ1) is 16.1. The highest BCUT2D eigenvalue weighted by Gasteiger charge is 2.41. The van der Waals surface area contributed by atoms with Gasteiger partial charge in [-0.05, 0) is 42.0 Å². The molecule has 2 aliphatic rings. The van der Waals surface area contributed by atoms with E-state index in [0.29, 0.717) is 16.0 Å². The average molecular weight is 477 g/mol. The molecule has 1 N–H and O–H groups in total. The first-order valence-electron chi connectivity index (χ1n) is 10.4. The van der Waals surface area contributed by atoms with Crippen LogP contribution in [0.1, 0.15) is 28.8 Å². The van der Waals surface area contributed by atoms with Crippen LogP contribution in [0, 0.1) is 0 Å². The van der Waals surface area contributed by atoms with E-state index >= 15 is 0 Å². The third-order valence-corrected chi connectivity index (χ3v) is 6.56. The van der Waals surface area contributed by atoms with E-state index in [1.165, 1.54) is 0 Å². The summed E-state index contributed by atoms with van der Waals surface area (Å²) >= 11 is 12.9. The molecular weight excluding hydrogens is 459 g/mol. The van der Waals surface area contributed by atoms with Gasteiger partial charge in [0.2, 0.25) is 5.95 Å². The highest BCUT2D eigenvalue weighted by atomic mass is 35.5. The normalized spacial score (nSPS) is 18.5. The standard InChI is InChI=1S/C25H18Cl2N4O2/c1-32-16-9-6-14(7-10-16)23-21-22(30-25-28-13-29-31(23)25)18-4-2-3-5-20(18)33-24(21)17-11-8-15(26)12-19(17)27/h2-13,23-24H,1H3,(H,28,29,30)/t23-,24+/m0/s1. The number of hydrogen-bond donors (Lipinski definition) is 1. The van der Waals surface area contributed by atoms with Gasteiger partial charge in [-0.3, -0.25) is 0 Å². The van der Waals surface area contributed by atoms with Crippen LogP contribution in [0.2, 0.25) is 10.0 Å². The lowest BCUT2D eigenvalue weighted by Gasteiger charge is -2.39. The molecule has 3 heterocycles. The van der Waals surface area contributed by atoms with Crippen LogP contribution in [0.5, 0.6) is 11.5 Å². The molecule has 8 heteroatoms. The summed E-state index contributed by atoms with van der Waals surface area (Å²) in [6.45, 7) is 0. The van der Waals surface area contributed by atoms with Crippen LogP contribution >= 0.6 is 23.2 Å². The van der Waals surface area contributed by atoms with Gasteiger partial charge in [-0.15, -0.1) is 0 Å². The Morgan fingerprint density at radius 3 is 2.64 bits per heavy atom. The molecule has 0 saturated heterocycles. The fourth-order valence-corrected chi connectivity index (χ4v) is 5.00.